The Morgan fingerprint density at radius 2 is 1.00 bits per heavy atom. The van der Waals surface area contributed by atoms with Crippen molar-refractivity contribution in [2.45, 2.75) is 0 Å². The van der Waals surface area contributed by atoms with Crippen LogP contribution in [0.3, 0.4) is 0 Å². The Labute approximate surface area is 176 Å². The lowest BCUT2D eigenvalue weighted by atomic mass is 9.82. The lowest BCUT2D eigenvalue weighted by Gasteiger charge is -2.30. The van der Waals surface area contributed by atoms with Crippen molar-refractivity contribution in [2.75, 3.05) is 4.90 Å². The maximum absolute atomic E-state index is 13.4. The normalized spacial score (nSPS) is 14.6. The molecule has 5 nitrogen and oxygen atoms in total. The minimum absolute atomic E-state index is 0.0828. The summed E-state index contributed by atoms with van der Waals surface area (Å²) in [7, 11) is 0. The molecule has 31 heavy (non-hydrogen) atoms. The third kappa shape index (κ3) is 2.20. The topological polar surface area (TPSA) is 71.5 Å². The van der Waals surface area contributed by atoms with E-state index in [1.54, 1.807) is 66.7 Å². The number of hydrogen-bond acceptors (Lipinski definition) is 4. The van der Waals surface area contributed by atoms with Gasteiger partial charge >= 0.3 is 0 Å². The van der Waals surface area contributed by atoms with Gasteiger partial charge in [-0.15, -0.1) is 0 Å². The summed E-state index contributed by atoms with van der Waals surface area (Å²) >= 11 is 0. The van der Waals surface area contributed by atoms with Crippen LogP contribution in [0.25, 0.3) is 10.8 Å². The fourth-order valence-corrected chi connectivity index (χ4v) is 4.56. The molecule has 4 aromatic rings. The second kappa shape index (κ2) is 6.06. The molecule has 0 saturated carbocycles. The van der Waals surface area contributed by atoms with Crippen LogP contribution in [0, 0.1) is 0 Å². The van der Waals surface area contributed by atoms with E-state index in [0.717, 1.165) is 10.3 Å². The van der Waals surface area contributed by atoms with Gasteiger partial charge in [0.15, 0.2) is 11.6 Å². The van der Waals surface area contributed by atoms with E-state index in [-0.39, 0.29) is 33.9 Å². The summed E-state index contributed by atoms with van der Waals surface area (Å²) in [6, 6.07) is 21.8. The van der Waals surface area contributed by atoms with Crippen molar-refractivity contribution in [3.05, 3.63) is 112 Å². The Kier molecular flexibility index (Phi) is 3.42. The molecular weight excluding hydrogens is 390 g/mol. The lowest BCUT2D eigenvalue weighted by Crippen LogP contribution is -2.42. The molecule has 0 aromatic heterocycles. The first-order valence-electron chi connectivity index (χ1n) is 9.80. The van der Waals surface area contributed by atoms with Gasteiger partial charge in [-0.05, 0) is 23.6 Å². The number of nitrogens with zero attached hydrogens (tertiary/aromatic N) is 1. The Morgan fingerprint density at radius 1 is 0.484 bits per heavy atom. The standard InChI is InChI=1S/C26H13NO4/c28-23-15-8-1-2-9-16(15)24(29)22-17(23)10-5-13-20(22)27-25(30)18-11-3-6-14-7-4-12-19(21(14)18)26(27)31/h1-13H. The van der Waals surface area contributed by atoms with E-state index < -0.39 is 11.8 Å². The van der Waals surface area contributed by atoms with Crippen LogP contribution < -0.4 is 4.90 Å². The lowest BCUT2D eigenvalue weighted by molar-refractivity contribution is 0.0891. The van der Waals surface area contributed by atoms with Gasteiger partial charge in [0.25, 0.3) is 11.8 Å². The van der Waals surface area contributed by atoms with Gasteiger partial charge in [-0.25, -0.2) is 4.90 Å². The molecule has 1 aliphatic heterocycles. The average Bonchev–Trinajstić information content (AvgIpc) is 2.81. The first-order chi connectivity index (χ1) is 15.1. The first-order valence-corrected chi connectivity index (χ1v) is 9.80. The van der Waals surface area contributed by atoms with Gasteiger partial charge in [0.05, 0.1) is 11.3 Å². The van der Waals surface area contributed by atoms with Gasteiger partial charge in [0.1, 0.15) is 0 Å². The van der Waals surface area contributed by atoms with Crippen molar-refractivity contribution in [2.24, 2.45) is 0 Å². The zero-order valence-electron chi connectivity index (χ0n) is 16.1. The van der Waals surface area contributed by atoms with Crippen molar-refractivity contribution in [1.82, 2.24) is 0 Å². The smallest absolute Gasteiger partial charge is 0.266 e. The highest BCUT2D eigenvalue weighted by molar-refractivity contribution is 6.38. The maximum Gasteiger partial charge on any atom is 0.266 e. The maximum atomic E-state index is 13.4. The Hall–Kier alpha value is -4.38. The summed E-state index contributed by atoms with van der Waals surface area (Å²) in [5.74, 6) is -1.70. The van der Waals surface area contributed by atoms with Gasteiger partial charge in [-0.1, -0.05) is 60.7 Å². The van der Waals surface area contributed by atoms with Gasteiger partial charge < -0.3 is 0 Å². The van der Waals surface area contributed by atoms with E-state index in [1.807, 2.05) is 12.1 Å². The molecule has 0 atom stereocenters. The molecule has 0 fully saturated rings. The number of hydrogen-bond donors (Lipinski definition) is 0. The molecule has 0 unspecified atom stereocenters. The molecule has 0 bridgehead atoms. The number of benzene rings is 4. The van der Waals surface area contributed by atoms with Crippen LogP contribution in [0.1, 0.15) is 52.6 Å². The van der Waals surface area contributed by atoms with Gasteiger partial charge in [-0.2, -0.15) is 0 Å². The molecule has 1 heterocycles. The number of rotatable bonds is 1. The van der Waals surface area contributed by atoms with E-state index >= 15 is 0 Å². The second-order valence-corrected chi connectivity index (χ2v) is 7.56. The highest BCUT2D eigenvalue weighted by Gasteiger charge is 2.39. The highest BCUT2D eigenvalue weighted by atomic mass is 16.2. The van der Waals surface area contributed by atoms with Crippen molar-refractivity contribution in [1.29, 1.82) is 0 Å². The SMILES string of the molecule is O=C1c2ccccc2C(=O)c2c1cccc2N1C(=O)c2cccc3cccc(c23)C1=O. The summed E-state index contributed by atoms with van der Waals surface area (Å²) in [6.45, 7) is 0. The molecule has 0 N–H and O–H groups in total. The fraction of sp³-hybridized carbons (Fsp3) is 0. The zero-order valence-corrected chi connectivity index (χ0v) is 16.1. The molecule has 2 amide bonds. The van der Waals surface area contributed by atoms with Crippen molar-refractivity contribution >= 4 is 39.8 Å². The molecule has 0 spiro atoms. The summed E-state index contributed by atoms with van der Waals surface area (Å²) in [5, 5.41) is 1.40. The van der Waals surface area contributed by atoms with Crippen LogP contribution >= 0.6 is 0 Å². The van der Waals surface area contributed by atoms with Gasteiger partial charge in [0, 0.05) is 33.2 Å². The highest BCUT2D eigenvalue weighted by Crippen LogP contribution is 2.38. The number of carbonyl (C=O) groups is 4. The number of anilines is 1. The average molecular weight is 403 g/mol. The third-order valence-corrected chi connectivity index (χ3v) is 5.94. The number of carbonyl (C=O) groups excluding carboxylic acids is 4. The van der Waals surface area contributed by atoms with Crippen LogP contribution in [0.2, 0.25) is 0 Å². The summed E-state index contributed by atoms with van der Waals surface area (Å²) in [5.41, 5.74) is 1.78. The van der Waals surface area contributed by atoms with Crippen LogP contribution in [-0.4, -0.2) is 23.4 Å². The summed E-state index contributed by atoms with van der Waals surface area (Å²) < 4.78 is 0. The number of ketones is 2. The van der Waals surface area contributed by atoms with Crippen LogP contribution in [-0.2, 0) is 0 Å². The third-order valence-electron chi connectivity index (χ3n) is 5.94. The van der Waals surface area contributed by atoms with Crippen molar-refractivity contribution in [3.8, 4) is 0 Å². The van der Waals surface area contributed by atoms with E-state index in [2.05, 4.69) is 0 Å². The van der Waals surface area contributed by atoms with Crippen molar-refractivity contribution < 1.29 is 19.2 Å². The van der Waals surface area contributed by atoms with Crippen molar-refractivity contribution in [3.63, 3.8) is 0 Å². The Balaban J connectivity index is 1.61. The van der Waals surface area contributed by atoms with E-state index in [0.29, 0.717) is 22.1 Å². The van der Waals surface area contributed by atoms with Gasteiger partial charge in [0.2, 0.25) is 0 Å². The second-order valence-electron chi connectivity index (χ2n) is 7.56. The van der Waals surface area contributed by atoms with Gasteiger partial charge in [-0.3, -0.25) is 19.2 Å². The quantitative estimate of drug-likeness (QED) is 0.389. The van der Waals surface area contributed by atoms with E-state index in [9.17, 15) is 19.2 Å². The number of amides is 2. The fourth-order valence-electron chi connectivity index (χ4n) is 4.56. The molecule has 6 rings (SSSR count). The molecular formula is C26H13NO4. The summed E-state index contributed by atoms with van der Waals surface area (Å²) in [6.07, 6.45) is 0. The molecule has 1 aliphatic carbocycles. The van der Waals surface area contributed by atoms with Crippen LogP contribution in [0.5, 0.6) is 0 Å². The van der Waals surface area contributed by atoms with Crippen LogP contribution in [0.4, 0.5) is 5.69 Å². The van der Waals surface area contributed by atoms with Crippen LogP contribution in [0.15, 0.2) is 78.9 Å². The monoisotopic (exact) mass is 403 g/mol. The van der Waals surface area contributed by atoms with E-state index in [1.165, 1.54) is 0 Å². The summed E-state index contributed by atoms with van der Waals surface area (Å²) in [4.78, 5) is 54.3. The Bertz CT molecular complexity index is 1460. The minimum atomic E-state index is -0.512. The zero-order chi connectivity index (χ0) is 21.3. The molecule has 5 heteroatoms. The number of fused-ring (bicyclic) bond motifs is 2. The molecule has 0 saturated heterocycles. The number of imide groups is 1. The molecule has 146 valence electrons. The van der Waals surface area contributed by atoms with E-state index in [4.69, 9.17) is 0 Å². The first kappa shape index (κ1) is 17.5. The minimum Gasteiger partial charge on any atom is -0.289 e. The Morgan fingerprint density at radius 3 is 1.65 bits per heavy atom. The predicted octanol–water partition coefficient (Wildman–Crippen LogP) is 4.42. The molecule has 2 aliphatic rings. The molecule has 0 radical (unpaired) electrons. The largest absolute Gasteiger partial charge is 0.289 e. The predicted molar refractivity (Wildman–Crippen MR) is 115 cm³/mol. The molecule has 4 aromatic carbocycles.